The molecular formula is C14H16F3N3OS+2. The normalized spacial score (nSPS) is 11.5. The fourth-order valence-corrected chi connectivity index (χ4v) is 2.56. The molecule has 2 aromatic rings. The number of nitrogens with one attached hydrogen (secondary N) is 2. The van der Waals surface area contributed by atoms with Gasteiger partial charge in [0.15, 0.2) is 6.54 Å². The Bertz CT molecular complexity index is 638. The van der Waals surface area contributed by atoms with E-state index < -0.39 is 25.0 Å². The number of rotatable bonds is 5. The van der Waals surface area contributed by atoms with Crippen molar-refractivity contribution in [3.63, 3.8) is 0 Å². The number of halogens is 3. The first-order chi connectivity index (χ1) is 10.4. The maximum atomic E-state index is 12.0. The summed E-state index contributed by atoms with van der Waals surface area (Å²) in [5.41, 5.74) is 5.95. The van der Waals surface area contributed by atoms with Crippen molar-refractivity contribution in [3.05, 3.63) is 40.2 Å². The fraction of sp³-hybridized carbons (Fsp3) is 0.286. The van der Waals surface area contributed by atoms with Crippen LogP contribution in [0.25, 0.3) is 11.3 Å². The lowest BCUT2D eigenvalue weighted by Crippen LogP contribution is -2.48. The molecule has 118 valence electrons. The summed E-state index contributed by atoms with van der Waals surface area (Å²) >= 11 is 1.56. The molecule has 0 aliphatic rings. The molecule has 1 aromatic carbocycles. The Kier molecular flexibility index (Phi) is 5.15. The molecule has 0 bridgehead atoms. The Morgan fingerprint density at radius 2 is 1.95 bits per heavy atom. The lowest BCUT2D eigenvalue weighted by Gasteiger charge is -2.07. The van der Waals surface area contributed by atoms with Crippen LogP contribution in [-0.2, 0) is 6.54 Å². The molecule has 0 atom stereocenters. The van der Waals surface area contributed by atoms with Gasteiger partial charge in [-0.2, -0.15) is 18.2 Å². The topological polar surface area (TPSA) is 70.9 Å². The number of hydrogen-bond acceptors (Lipinski definition) is 2. The van der Waals surface area contributed by atoms with Crippen LogP contribution in [0, 0.1) is 0 Å². The lowest BCUT2D eigenvalue weighted by atomic mass is 10.1. The highest BCUT2D eigenvalue weighted by Gasteiger charge is 2.26. The number of quaternary nitrogens is 1. The Hall–Kier alpha value is -1.93. The largest absolute Gasteiger partial charge is 0.390 e. The number of H-pyrrole nitrogens is 1. The van der Waals surface area contributed by atoms with Crippen molar-refractivity contribution >= 4 is 17.2 Å². The number of alkyl halides is 3. The molecule has 5 N–H and O–H groups in total. The molecule has 0 aliphatic heterocycles. The van der Waals surface area contributed by atoms with Crippen molar-refractivity contribution < 1.29 is 28.7 Å². The summed E-state index contributed by atoms with van der Waals surface area (Å²) in [4.78, 5) is 14.9. The zero-order valence-corrected chi connectivity index (χ0v) is 12.5. The van der Waals surface area contributed by atoms with E-state index in [0.29, 0.717) is 12.1 Å². The average Bonchev–Trinajstić information content (AvgIpc) is 2.95. The molecule has 0 saturated heterocycles. The van der Waals surface area contributed by atoms with Crippen LogP contribution in [0.1, 0.15) is 21.8 Å². The molecule has 0 unspecified atom stereocenters. The smallest absolute Gasteiger partial charge is 0.352 e. The maximum absolute atomic E-state index is 12.0. The van der Waals surface area contributed by atoms with Crippen LogP contribution in [0.3, 0.4) is 0 Å². The average molecular weight is 331 g/mol. The fourth-order valence-electron chi connectivity index (χ4n) is 1.82. The molecule has 0 fully saturated rings. The van der Waals surface area contributed by atoms with Crippen LogP contribution in [0.5, 0.6) is 0 Å². The molecule has 0 saturated carbocycles. The number of thiazole rings is 1. The van der Waals surface area contributed by atoms with Crippen LogP contribution in [0.4, 0.5) is 13.2 Å². The van der Waals surface area contributed by atoms with E-state index in [2.05, 4.69) is 16.0 Å². The Morgan fingerprint density at radius 3 is 2.50 bits per heavy atom. The van der Waals surface area contributed by atoms with Gasteiger partial charge in [-0.3, -0.25) is 4.79 Å². The number of benzene rings is 1. The zero-order chi connectivity index (χ0) is 16.2. The van der Waals surface area contributed by atoms with Gasteiger partial charge in [-0.05, 0) is 24.3 Å². The minimum absolute atomic E-state index is 0.332. The number of amides is 1. The van der Waals surface area contributed by atoms with Gasteiger partial charge in [-0.15, -0.1) is 0 Å². The molecule has 1 heterocycles. The number of aromatic amines is 1. The Balaban J connectivity index is 1.97. The highest BCUT2D eigenvalue weighted by atomic mass is 32.1. The second-order valence-corrected chi connectivity index (χ2v) is 5.61. The summed E-state index contributed by atoms with van der Waals surface area (Å²) in [7, 11) is 0. The lowest BCUT2D eigenvalue weighted by molar-refractivity contribution is -0.445. The third-order valence-electron chi connectivity index (χ3n) is 2.97. The van der Waals surface area contributed by atoms with E-state index in [0.717, 1.165) is 16.3 Å². The second-order valence-electron chi connectivity index (χ2n) is 4.65. The first-order valence-corrected chi connectivity index (χ1v) is 7.51. The van der Waals surface area contributed by atoms with Crippen LogP contribution in [-0.4, -0.2) is 18.6 Å². The van der Waals surface area contributed by atoms with Gasteiger partial charge in [0.25, 0.3) is 10.9 Å². The summed E-state index contributed by atoms with van der Waals surface area (Å²) in [6.07, 6.45) is -5.30. The van der Waals surface area contributed by atoms with E-state index in [1.54, 1.807) is 35.6 Å². The van der Waals surface area contributed by atoms with E-state index in [9.17, 15) is 18.0 Å². The number of carbonyl (C=O) groups excluding carboxylic acids is 1. The SMILES string of the molecule is [NH3+]Cc1[nH+]c(-c2ccc(C(=O)NCCC(F)(F)F)cc2)cs1. The number of carbonyl (C=O) groups is 1. The molecule has 22 heavy (non-hydrogen) atoms. The molecule has 2 rings (SSSR count). The van der Waals surface area contributed by atoms with Crippen LogP contribution in [0.15, 0.2) is 29.6 Å². The van der Waals surface area contributed by atoms with E-state index in [1.165, 1.54) is 0 Å². The Labute approximate surface area is 129 Å². The van der Waals surface area contributed by atoms with Gasteiger partial charge in [0, 0.05) is 17.7 Å². The third-order valence-corrected chi connectivity index (χ3v) is 3.92. The Morgan fingerprint density at radius 1 is 1.27 bits per heavy atom. The van der Waals surface area contributed by atoms with Crippen LogP contribution < -0.4 is 16.0 Å². The molecule has 1 amide bonds. The minimum Gasteiger partial charge on any atom is -0.352 e. The first kappa shape index (κ1) is 16.4. The quantitative estimate of drug-likeness (QED) is 0.859. The monoisotopic (exact) mass is 331 g/mol. The molecule has 0 aliphatic carbocycles. The van der Waals surface area contributed by atoms with Gasteiger partial charge >= 0.3 is 6.18 Å². The number of aromatic nitrogens is 1. The van der Waals surface area contributed by atoms with Crippen molar-refractivity contribution in [1.29, 1.82) is 0 Å². The second kappa shape index (κ2) is 6.89. The van der Waals surface area contributed by atoms with Gasteiger partial charge in [0.05, 0.1) is 11.8 Å². The van der Waals surface area contributed by atoms with Crippen molar-refractivity contribution in [2.75, 3.05) is 6.54 Å². The van der Waals surface area contributed by atoms with Gasteiger partial charge in [0.2, 0.25) is 5.69 Å². The number of hydrogen-bond donors (Lipinski definition) is 2. The minimum atomic E-state index is -4.27. The van der Waals surface area contributed by atoms with Crippen molar-refractivity contribution in [3.8, 4) is 11.3 Å². The summed E-state index contributed by atoms with van der Waals surface area (Å²) in [5, 5.41) is 5.26. The maximum Gasteiger partial charge on any atom is 0.390 e. The standard InChI is InChI=1S/C14H14F3N3OS/c15-14(16,17)5-6-19-13(21)10-3-1-9(2-4-10)11-8-22-12(7-18)20-11/h1-4,8H,5-7,18H2,(H,19,21)/p+2. The highest BCUT2D eigenvalue weighted by molar-refractivity contribution is 7.09. The molecule has 0 spiro atoms. The summed E-state index contributed by atoms with van der Waals surface area (Å²) in [5.74, 6) is -0.511. The van der Waals surface area contributed by atoms with Gasteiger partial charge in [-0.25, -0.2) is 0 Å². The highest BCUT2D eigenvalue weighted by Crippen LogP contribution is 2.19. The zero-order valence-electron chi connectivity index (χ0n) is 11.7. The predicted molar refractivity (Wildman–Crippen MR) is 75.9 cm³/mol. The van der Waals surface area contributed by atoms with E-state index in [-0.39, 0.29) is 0 Å². The first-order valence-electron chi connectivity index (χ1n) is 6.63. The van der Waals surface area contributed by atoms with Crippen molar-refractivity contribution in [2.45, 2.75) is 19.1 Å². The summed E-state index contributed by atoms with van der Waals surface area (Å²) < 4.78 is 36.1. The third kappa shape index (κ3) is 4.54. The van der Waals surface area contributed by atoms with E-state index in [4.69, 9.17) is 0 Å². The summed E-state index contributed by atoms with van der Waals surface area (Å²) in [6, 6.07) is 6.69. The molecule has 4 nitrogen and oxygen atoms in total. The molecular weight excluding hydrogens is 315 g/mol. The van der Waals surface area contributed by atoms with Crippen molar-refractivity contribution in [2.24, 2.45) is 0 Å². The molecule has 0 radical (unpaired) electrons. The van der Waals surface area contributed by atoms with Gasteiger partial charge in [-0.1, -0.05) is 11.3 Å². The van der Waals surface area contributed by atoms with E-state index >= 15 is 0 Å². The van der Waals surface area contributed by atoms with Gasteiger partial charge < -0.3 is 11.1 Å². The van der Waals surface area contributed by atoms with Crippen LogP contribution in [0.2, 0.25) is 0 Å². The van der Waals surface area contributed by atoms with Crippen molar-refractivity contribution in [1.82, 2.24) is 5.32 Å². The van der Waals surface area contributed by atoms with Gasteiger partial charge in [0.1, 0.15) is 0 Å². The van der Waals surface area contributed by atoms with Crippen LogP contribution >= 0.6 is 11.3 Å². The molecule has 8 heteroatoms. The summed E-state index contributed by atoms with van der Waals surface area (Å²) in [6.45, 7) is 0.250. The predicted octanol–water partition coefficient (Wildman–Crippen LogP) is 1.65. The van der Waals surface area contributed by atoms with E-state index in [1.807, 2.05) is 5.38 Å². The molecule has 1 aromatic heterocycles.